The van der Waals surface area contributed by atoms with E-state index < -0.39 is 5.97 Å². The van der Waals surface area contributed by atoms with Crippen molar-refractivity contribution in [3.05, 3.63) is 36.3 Å². The lowest BCUT2D eigenvalue weighted by Crippen LogP contribution is -2.08. The van der Waals surface area contributed by atoms with Crippen LogP contribution in [0.2, 0.25) is 0 Å². The molecule has 0 aliphatic heterocycles. The summed E-state index contributed by atoms with van der Waals surface area (Å²) in [5, 5.41) is 8.77. The second-order valence-electron chi connectivity index (χ2n) is 3.92. The smallest absolute Gasteiger partial charge is 0.323 e. The van der Waals surface area contributed by atoms with Gasteiger partial charge in [-0.25, -0.2) is 4.98 Å². The first-order chi connectivity index (χ1) is 8.60. The number of imidazole rings is 1. The number of aromatic nitrogens is 2. The van der Waals surface area contributed by atoms with Gasteiger partial charge >= 0.3 is 5.97 Å². The Bertz CT molecular complexity index is 558. The summed E-state index contributed by atoms with van der Waals surface area (Å²) in [7, 11) is 1.61. The number of methoxy groups -OCH3 is 1. The van der Waals surface area contributed by atoms with E-state index in [1.807, 2.05) is 24.3 Å². The fraction of sp³-hybridized carbons (Fsp3) is 0.231. The Morgan fingerprint density at radius 3 is 2.61 bits per heavy atom. The molecule has 2 rings (SSSR count). The van der Waals surface area contributed by atoms with Gasteiger partial charge in [-0.05, 0) is 31.2 Å². The van der Waals surface area contributed by atoms with E-state index in [4.69, 9.17) is 9.84 Å². The van der Waals surface area contributed by atoms with Crippen molar-refractivity contribution in [3.8, 4) is 17.0 Å². The highest BCUT2D eigenvalue weighted by Crippen LogP contribution is 2.21. The highest BCUT2D eigenvalue weighted by Gasteiger charge is 2.08. The molecule has 0 spiro atoms. The molecule has 1 N–H and O–H groups in total. The summed E-state index contributed by atoms with van der Waals surface area (Å²) in [5.74, 6) is 0.584. The van der Waals surface area contributed by atoms with Crippen molar-refractivity contribution in [1.29, 1.82) is 0 Å². The fourth-order valence-corrected chi connectivity index (χ4v) is 1.72. The monoisotopic (exact) mass is 246 g/mol. The van der Waals surface area contributed by atoms with Crippen molar-refractivity contribution in [3.63, 3.8) is 0 Å². The number of carboxylic acid groups (broad SMARTS) is 1. The number of hydrogen-bond acceptors (Lipinski definition) is 3. The van der Waals surface area contributed by atoms with Crippen LogP contribution < -0.4 is 4.74 Å². The molecule has 1 heterocycles. The predicted octanol–water partition coefficient (Wildman–Crippen LogP) is 1.95. The van der Waals surface area contributed by atoms with Gasteiger partial charge in [0.1, 0.15) is 18.1 Å². The van der Waals surface area contributed by atoms with Crippen LogP contribution in [0, 0.1) is 6.92 Å². The van der Waals surface area contributed by atoms with E-state index in [2.05, 4.69) is 4.98 Å². The van der Waals surface area contributed by atoms with Crippen molar-refractivity contribution in [2.24, 2.45) is 0 Å². The molecule has 5 heteroatoms. The lowest BCUT2D eigenvalue weighted by molar-refractivity contribution is -0.137. The van der Waals surface area contributed by atoms with Crippen LogP contribution in [0.5, 0.6) is 5.75 Å². The van der Waals surface area contributed by atoms with Crippen LogP contribution in [-0.4, -0.2) is 27.7 Å². The molecule has 18 heavy (non-hydrogen) atoms. The van der Waals surface area contributed by atoms with Gasteiger partial charge in [0, 0.05) is 11.8 Å². The third-order valence-electron chi connectivity index (χ3n) is 2.67. The van der Waals surface area contributed by atoms with E-state index >= 15 is 0 Å². The van der Waals surface area contributed by atoms with Gasteiger partial charge in [0.05, 0.1) is 12.8 Å². The Labute approximate surface area is 105 Å². The van der Waals surface area contributed by atoms with Crippen LogP contribution in [0.15, 0.2) is 30.5 Å². The molecule has 1 aromatic heterocycles. The minimum atomic E-state index is -0.878. The first kappa shape index (κ1) is 12.2. The molecule has 0 aliphatic rings. The molecule has 0 aliphatic carbocycles. The van der Waals surface area contributed by atoms with Crippen molar-refractivity contribution < 1.29 is 14.6 Å². The standard InChI is InChI=1S/C13H14N2O3/c1-9-14-12(7-15(9)8-13(16)17)10-3-5-11(18-2)6-4-10/h3-7H,8H2,1-2H3,(H,16,17). The van der Waals surface area contributed by atoms with Gasteiger partial charge in [-0.1, -0.05) is 0 Å². The molecule has 0 saturated carbocycles. The molecule has 0 radical (unpaired) electrons. The van der Waals surface area contributed by atoms with Crippen LogP contribution >= 0.6 is 0 Å². The van der Waals surface area contributed by atoms with Crippen LogP contribution in [0.3, 0.4) is 0 Å². The number of nitrogens with zero attached hydrogens (tertiary/aromatic N) is 2. The summed E-state index contributed by atoms with van der Waals surface area (Å²) in [6.07, 6.45) is 1.74. The number of aliphatic carboxylic acids is 1. The lowest BCUT2D eigenvalue weighted by Gasteiger charge is -2.00. The van der Waals surface area contributed by atoms with E-state index in [1.165, 1.54) is 0 Å². The molecular weight excluding hydrogens is 232 g/mol. The first-order valence-corrected chi connectivity index (χ1v) is 5.50. The molecule has 0 bridgehead atoms. The Morgan fingerprint density at radius 1 is 1.39 bits per heavy atom. The molecule has 0 fully saturated rings. The zero-order chi connectivity index (χ0) is 13.1. The maximum atomic E-state index is 10.7. The number of hydrogen-bond donors (Lipinski definition) is 1. The van der Waals surface area contributed by atoms with Gasteiger partial charge < -0.3 is 14.4 Å². The number of aryl methyl sites for hydroxylation is 1. The number of carbonyl (C=O) groups is 1. The maximum absolute atomic E-state index is 10.7. The SMILES string of the molecule is COc1ccc(-c2cn(CC(=O)O)c(C)n2)cc1. The van der Waals surface area contributed by atoms with Crippen LogP contribution in [-0.2, 0) is 11.3 Å². The number of rotatable bonds is 4. The summed E-state index contributed by atoms with van der Waals surface area (Å²) >= 11 is 0. The van der Waals surface area contributed by atoms with Crippen molar-refractivity contribution in [1.82, 2.24) is 9.55 Å². The van der Waals surface area contributed by atoms with Gasteiger partial charge in [0.25, 0.3) is 0 Å². The zero-order valence-electron chi connectivity index (χ0n) is 10.3. The van der Waals surface area contributed by atoms with Crippen molar-refractivity contribution >= 4 is 5.97 Å². The average Bonchev–Trinajstić information content (AvgIpc) is 2.70. The quantitative estimate of drug-likeness (QED) is 0.895. The second-order valence-corrected chi connectivity index (χ2v) is 3.92. The minimum Gasteiger partial charge on any atom is -0.497 e. The van der Waals surface area contributed by atoms with Crippen molar-refractivity contribution in [2.45, 2.75) is 13.5 Å². The Kier molecular flexibility index (Phi) is 3.32. The molecule has 1 aromatic carbocycles. The van der Waals surface area contributed by atoms with Gasteiger partial charge in [0.15, 0.2) is 0 Å². The second kappa shape index (κ2) is 4.91. The van der Waals surface area contributed by atoms with E-state index in [0.29, 0.717) is 5.82 Å². The minimum absolute atomic E-state index is 0.0744. The third-order valence-corrected chi connectivity index (χ3v) is 2.67. The zero-order valence-corrected chi connectivity index (χ0v) is 10.3. The Morgan fingerprint density at radius 2 is 2.06 bits per heavy atom. The largest absolute Gasteiger partial charge is 0.497 e. The Balaban J connectivity index is 2.30. The highest BCUT2D eigenvalue weighted by atomic mass is 16.5. The number of ether oxygens (including phenoxy) is 1. The van der Waals surface area contributed by atoms with E-state index in [1.54, 1.807) is 24.8 Å². The van der Waals surface area contributed by atoms with Crippen LogP contribution in [0.1, 0.15) is 5.82 Å². The highest BCUT2D eigenvalue weighted by molar-refractivity contribution is 5.67. The summed E-state index contributed by atoms with van der Waals surface area (Å²) in [6.45, 7) is 1.71. The van der Waals surface area contributed by atoms with Crippen LogP contribution in [0.25, 0.3) is 11.3 Å². The van der Waals surface area contributed by atoms with Gasteiger partial charge in [-0.2, -0.15) is 0 Å². The molecule has 0 unspecified atom stereocenters. The van der Waals surface area contributed by atoms with E-state index in [0.717, 1.165) is 17.0 Å². The number of benzene rings is 1. The third kappa shape index (κ3) is 2.51. The normalized spacial score (nSPS) is 10.3. The number of carboxylic acids is 1. The van der Waals surface area contributed by atoms with E-state index in [-0.39, 0.29) is 6.54 Å². The summed E-state index contributed by atoms with van der Waals surface area (Å²) in [5.41, 5.74) is 1.69. The summed E-state index contributed by atoms with van der Waals surface area (Å²) < 4.78 is 6.70. The molecule has 0 amide bonds. The van der Waals surface area contributed by atoms with Crippen LogP contribution in [0.4, 0.5) is 0 Å². The summed E-state index contributed by atoms with van der Waals surface area (Å²) in [6, 6.07) is 7.49. The van der Waals surface area contributed by atoms with E-state index in [9.17, 15) is 4.79 Å². The fourth-order valence-electron chi connectivity index (χ4n) is 1.72. The predicted molar refractivity (Wildman–Crippen MR) is 66.6 cm³/mol. The van der Waals surface area contributed by atoms with Crippen molar-refractivity contribution in [2.75, 3.05) is 7.11 Å². The molecule has 2 aromatic rings. The topological polar surface area (TPSA) is 64.3 Å². The molecular formula is C13H14N2O3. The maximum Gasteiger partial charge on any atom is 0.323 e. The first-order valence-electron chi connectivity index (χ1n) is 5.50. The Hall–Kier alpha value is -2.30. The van der Waals surface area contributed by atoms with Gasteiger partial charge in [-0.15, -0.1) is 0 Å². The lowest BCUT2D eigenvalue weighted by atomic mass is 10.2. The molecule has 0 saturated heterocycles. The molecule has 94 valence electrons. The molecule has 5 nitrogen and oxygen atoms in total. The van der Waals surface area contributed by atoms with Gasteiger partial charge in [0.2, 0.25) is 0 Å². The molecule has 0 atom stereocenters. The van der Waals surface area contributed by atoms with Gasteiger partial charge in [-0.3, -0.25) is 4.79 Å². The average molecular weight is 246 g/mol. The summed E-state index contributed by atoms with van der Waals surface area (Å²) in [4.78, 5) is 15.0.